The van der Waals surface area contributed by atoms with E-state index >= 15 is 0 Å². The van der Waals surface area contributed by atoms with Gasteiger partial charge in [-0.25, -0.2) is 4.39 Å². The Morgan fingerprint density at radius 1 is 0.923 bits per heavy atom. The maximum absolute atomic E-state index is 13.6. The molecule has 0 atom stereocenters. The molecular formula is C19H20FNO5. The van der Waals surface area contributed by atoms with Crippen molar-refractivity contribution < 1.29 is 28.1 Å². The van der Waals surface area contributed by atoms with Crippen LogP contribution in [0.2, 0.25) is 0 Å². The van der Waals surface area contributed by atoms with Crippen molar-refractivity contribution in [3.05, 3.63) is 54.0 Å². The number of anilines is 1. The Bertz CT molecular complexity index is 795. The Morgan fingerprint density at radius 2 is 1.54 bits per heavy atom. The van der Waals surface area contributed by atoms with Gasteiger partial charge in [-0.05, 0) is 24.3 Å². The lowest BCUT2D eigenvalue weighted by atomic mass is 10.1. The fraction of sp³-hybridized carbons (Fsp3) is 0.211. The Kier molecular flexibility index (Phi) is 6.43. The van der Waals surface area contributed by atoms with Crippen molar-refractivity contribution in [3.63, 3.8) is 0 Å². The molecule has 0 saturated heterocycles. The van der Waals surface area contributed by atoms with Gasteiger partial charge in [0.25, 0.3) is 0 Å². The van der Waals surface area contributed by atoms with Crippen molar-refractivity contribution >= 4 is 11.5 Å². The van der Waals surface area contributed by atoms with Crippen LogP contribution in [0.3, 0.4) is 0 Å². The molecule has 0 spiro atoms. The van der Waals surface area contributed by atoms with Gasteiger partial charge in [0, 0.05) is 29.6 Å². The first-order valence-corrected chi connectivity index (χ1v) is 7.65. The molecular weight excluding hydrogens is 341 g/mol. The zero-order chi connectivity index (χ0) is 19.1. The number of hydrogen-bond acceptors (Lipinski definition) is 6. The van der Waals surface area contributed by atoms with Gasteiger partial charge < -0.3 is 24.3 Å². The topological polar surface area (TPSA) is 66.0 Å². The van der Waals surface area contributed by atoms with Crippen molar-refractivity contribution in [2.24, 2.45) is 0 Å². The molecule has 2 rings (SSSR count). The second-order valence-electron chi connectivity index (χ2n) is 5.11. The summed E-state index contributed by atoms with van der Waals surface area (Å²) in [4.78, 5) is 12.4. The van der Waals surface area contributed by atoms with E-state index in [2.05, 4.69) is 5.32 Å². The summed E-state index contributed by atoms with van der Waals surface area (Å²) in [5.74, 6) is 0.533. The highest BCUT2D eigenvalue weighted by Crippen LogP contribution is 2.38. The van der Waals surface area contributed by atoms with E-state index in [1.54, 1.807) is 18.2 Å². The lowest BCUT2D eigenvalue weighted by Gasteiger charge is -2.13. The summed E-state index contributed by atoms with van der Waals surface area (Å²) in [6, 6.07) is 7.51. The number of methoxy groups -OCH3 is 4. The van der Waals surface area contributed by atoms with Gasteiger partial charge >= 0.3 is 0 Å². The summed E-state index contributed by atoms with van der Waals surface area (Å²) in [5.41, 5.74) is 0.843. The number of ketones is 1. The molecule has 0 aliphatic carbocycles. The lowest BCUT2D eigenvalue weighted by Crippen LogP contribution is -2.01. The van der Waals surface area contributed by atoms with Crippen LogP contribution in [0.1, 0.15) is 10.4 Å². The number of benzene rings is 2. The third-order valence-corrected chi connectivity index (χ3v) is 3.59. The fourth-order valence-electron chi connectivity index (χ4n) is 2.29. The van der Waals surface area contributed by atoms with E-state index in [-0.39, 0.29) is 11.5 Å². The number of carbonyl (C=O) groups excluding carboxylic acids is 1. The average molecular weight is 361 g/mol. The zero-order valence-corrected chi connectivity index (χ0v) is 15.0. The van der Waals surface area contributed by atoms with E-state index < -0.39 is 5.82 Å². The summed E-state index contributed by atoms with van der Waals surface area (Å²) >= 11 is 0. The number of allylic oxidation sites excluding steroid dienone is 1. The highest BCUT2D eigenvalue weighted by atomic mass is 19.1. The quantitative estimate of drug-likeness (QED) is 0.572. The van der Waals surface area contributed by atoms with Crippen LogP contribution in [-0.2, 0) is 0 Å². The molecule has 0 aliphatic rings. The number of ether oxygens (including phenoxy) is 4. The van der Waals surface area contributed by atoms with Gasteiger partial charge in [-0.2, -0.15) is 0 Å². The molecule has 0 aliphatic heterocycles. The molecule has 138 valence electrons. The molecule has 0 heterocycles. The molecule has 0 fully saturated rings. The number of nitrogens with one attached hydrogen (secondary N) is 1. The molecule has 2 aromatic rings. The predicted molar refractivity (Wildman–Crippen MR) is 96.1 cm³/mol. The van der Waals surface area contributed by atoms with Crippen molar-refractivity contribution in [2.75, 3.05) is 33.8 Å². The van der Waals surface area contributed by atoms with E-state index in [4.69, 9.17) is 18.9 Å². The van der Waals surface area contributed by atoms with E-state index in [1.165, 1.54) is 52.8 Å². The molecule has 0 amide bonds. The molecule has 2 aromatic carbocycles. The number of rotatable bonds is 8. The largest absolute Gasteiger partial charge is 0.494 e. The van der Waals surface area contributed by atoms with Gasteiger partial charge in [0.15, 0.2) is 28.8 Å². The minimum absolute atomic E-state index is 0.146. The van der Waals surface area contributed by atoms with Crippen LogP contribution < -0.4 is 24.3 Å². The minimum atomic E-state index is -0.498. The van der Waals surface area contributed by atoms with Gasteiger partial charge in [0.2, 0.25) is 5.75 Å². The molecule has 6 nitrogen and oxygen atoms in total. The minimum Gasteiger partial charge on any atom is -0.494 e. The van der Waals surface area contributed by atoms with Crippen molar-refractivity contribution in [3.8, 4) is 23.0 Å². The molecule has 0 unspecified atom stereocenters. The Morgan fingerprint density at radius 3 is 2.04 bits per heavy atom. The van der Waals surface area contributed by atoms with Gasteiger partial charge in [-0.3, -0.25) is 4.79 Å². The van der Waals surface area contributed by atoms with E-state index in [9.17, 15) is 9.18 Å². The summed E-state index contributed by atoms with van der Waals surface area (Å²) in [6.07, 6.45) is 2.75. The molecule has 0 saturated carbocycles. The van der Waals surface area contributed by atoms with E-state index in [0.29, 0.717) is 28.5 Å². The Labute approximate surface area is 151 Å². The Balaban J connectivity index is 2.16. The maximum atomic E-state index is 13.6. The number of halogens is 1. The highest BCUT2D eigenvalue weighted by molar-refractivity contribution is 6.05. The summed E-state index contributed by atoms with van der Waals surface area (Å²) < 4.78 is 34.2. The highest BCUT2D eigenvalue weighted by Gasteiger charge is 2.15. The number of hydrogen-bond donors (Lipinski definition) is 1. The maximum Gasteiger partial charge on any atom is 0.203 e. The normalized spacial score (nSPS) is 10.5. The first-order valence-electron chi connectivity index (χ1n) is 7.65. The molecule has 1 N–H and O–H groups in total. The standard InChI is InChI=1S/C19H20FNO5/c1-23-16-6-5-13(11-14(16)20)21-8-7-15(22)12-9-17(24-2)19(26-4)18(10-12)25-3/h5-11,21H,1-4H3/b8-7-. The van der Waals surface area contributed by atoms with Crippen molar-refractivity contribution in [2.45, 2.75) is 0 Å². The first kappa shape index (κ1) is 19.1. The monoisotopic (exact) mass is 361 g/mol. The Hall–Kier alpha value is -3.22. The average Bonchev–Trinajstić information content (AvgIpc) is 2.66. The van der Waals surface area contributed by atoms with E-state index in [0.717, 1.165) is 0 Å². The van der Waals surface area contributed by atoms with Gasteiger partial charge in [0.05, 0.1) is 28.4 Å². The number of carbonyl (C=O) groups is 1. The van der Waals surface area contributed by atoms with Gasteiger partial charge in [0.1, 0.15) is 0 Å². The van der Waals surface area contributed by atoms with Crippen LogP contribution in [0, 0.1) is 5.82 Å². The van der Waals surface area contributed by atoms with Crippen LogP contribution in [0.5, 0.6) is 23.0 Å². The van der Waals surface area contributed by atoms with E-state index in [1.807, 2.05) is 0 Å². The summed E-state index contributed by atoms with van der Waals surface area (Å²) in [5, 5.41) is 2.83. The van der Waals surface area contributed by atoms with Crippen LogP contribution in [0.4, 0.5) is 10.1 Å². The lowest BCUT2D eigenvalue weighted by molar-refractivity contribution is 0.104. The first-order chi connectivity index (χ1) is 12.5. The summed E-state index contributed by atoms with van der Waals surface area (Å²) in [7, 11) is 5.82. The third-order valence-electron chi connectivity index (χ3n) is 3.59. The zero-order valence-electron chi connectivity index (χ0n) is 15.0. The van der Waals surface area contributed by atoms with Gasteiger partial charge in [-0.15, -0.1) is 0 Å². The second-order valence-corrected chi connectivity index (χ2v) is 5.11. The third kappa shape index (κ3) is 4.24. The molecule has 26 heavy (non-hydrogen) atoms. The van der Waals surface area contributed by atoms with Crippen LogP contribution in [0.15, 0.2) is 42.6 Å². The van der Waals surface area contributed by atoms with Gasteiger partial charge in [-0.1, -0.05) is 0 Å². The van der Waals surface area contributed by atoms with Crippen LogP contribution in [-0.4, -0.2) is 34.2 Å². The van der Waals surface area contributed by atoms with Crippen molar-refractivity contribution in [1.82, 2.24) is 0 Å². The van der Waals surface area contributed by atoms with Crippen LogP contribution >= 0.6 is 0 Å². The second kappa shape index (κ2) is 8.75. The predicted octanol–water partition coefficient (Wildman–Crippen LogP) is 3.67. The smallest absolute Gasteiger partial charge is 0.203 e. The SMILES string of the molecule is COc1ccc(N/C=C\C(=O)c2cc(OC)c(OC)c(OC)c2)cc1F. The fourth-order valence-corrected chi connectivity index (χ4v) is 2.29. The molecule has 0 bridgehead atoms. The molecule has 0 radical (unpaired) electrons. The van der Waals surface area contributed by atoms with Crippen molar-refractivity contribution in [1.29, 1.82) is 0 Å². The molecule has 7 heteroatoms. The molecule has 0 aromatic heterocycles. The van der Waals surface area contributed by atoms with Crippen LogP contribution in [0.25, 0.3) is 0 Å². The summed E-state index contributed by atoms with van der Waals surface area (Å²) in [6.45, 7) is 0.